The molecule has 0 unspecified atom stereocenters. The Labute approximate surface area is 139 Å². The summed E-state index contributed by atoms with van der Waals surface area (Å²) in [6.07, 6.45) is 1.06. The molecule has 6 heteroatoms. The number of carbonyl (C=O) groups excluding carboxylic acids is 1. The van der Waals surface area contributed by atoms with Gasteiger partial charge in [-0.15, -0.1) is 0 Å². The average Bonchev–Trinajstić information content (AvgIpc) is 3.03. The molecule has 0 atom stereocenters. The Morgan fingerprint density at radius 3 is 2.73 bits per heavy atom. The zero-order valence-electron chi connectivity index (χ0n) is 12.5. The van der Waals surface area contributed by atoms with Gasteiger partial charge in [-0.2, -0.15) is 0 Å². The van der Waals surface area contributed by atoms with Gasteiger partial charge >= 0.3 is 0 Å². The van der Waals surface area contributed by atoms with Gasteiger partial charge in [-0.25, -0.2) is 0 Å². The van der Waals surface area contributed by atoms with E-state index in [4.69, 9.17) is 23.2 Å². The fourth-order valence-corrected chi connectivity index (χ4v) is 3.18. The number of aromatic nitrogens is 1. The van der Waals surface area contributed by atoms with Crippen LogP contribution in [0.3, 0.4) is 0 Å². The van der Waals surface area contributed by atoms with Gasteiger partial charge in [0.15, 0.2) is 0 Å². The average molecular weight is 338 g/mol. The maximum absolute atomic E-state index is 12.4. The number of nitrogens with one attached hydrogen (secondary N) is 1. The molecule has 3 rings (SSSR count). The van der Waals surface area contributed by atoms with Crippen LogP contribution >= 0.6 is 23.2 Å². The molecule has 116 valence electrons. The van der Waals surface area contributed by atoms with Gasteiger partial charge in [-0.1, -0.05) is 29.3 Å². The summed E-state index contributed by atoms with van der Waals surface area (Å²) >= 11 is 12.0. The van der Waals surface area contributed by atoms with Crippen molar-refractivity contribution in [3.05, 3.63) is 45.7 Å². The monoisotopic (exact) mass is 337 g/mol. The first-order chi connectivity index (χ1) is 10.5. The van der Waals surface area contributed by atoms with Crippen LogP contribution in [0.15, 0.2) is 24.3 Å². The molecule has 1 N–H and O–H groups in total. The number of likely N-dealkylation sites (N-methyl/N-ethyl adjacent to an activating group) is 1. The summed E-state index contributed by atoms with van der Waals surface area (Å²) in [7, 11) is 1.71. The highest BCUT2D eigenvalue weighted by molar-refractivity contribution is 6.42. The molecule has 1 aromatic carbocycles. The van der Waals surface area contributed by atoms with E-state index in [1.807, 2.05) is 12.1 Å². The zero-order valence-corrected chi connectivity index (χ0v) is 14.0. The minimum Gasteiger partial charge on any atom is -0.371 e. The van der Waals surface area contributed by atoms with Crippen LogP contribution in [0.5, 0.6) is 0 Å². The molecule has 1 amide bonds. The number of hydrogen-bond donors (Lipinski definition) is 1. The molecule has 0 aliphatic carbocycles. The lowest BCUT2D eigenvalue weighted by molar-refractivity contribution is 0.101. The standard InChI is InChI=1S/C16H17Cl2N3O/c1-3-21-7-6-10-4-5-11(8-13(10)21)19-16(22)14-9-12(17)15(18)20(14)2/h4-5,8-9H,3,6-7H2,1-2H3,(H,19,22). The number of nitrogens with zero attached hydrogens (tertiary/aromatic N) is 2. The highest BCUT2D eigenvalue weighted by atomic mass is 35.5. The molecule has 0 radical (unpaired) electrons. The van der Waals surface area contributed by atoms with Gasteiger partial charge in [-0.3, -0.25) is 4.79 Å². The van der Waals surface area contributed by atoms with Crippen molar-refractivity contribution in [3.8, 4) is 0 Å². The summed E-state index contributed by atoms with van der Waals surface area (Å²) in [5.74, 6) is -0.225. The van der Waals surface area contributed by atoms with E-state index in [-0.39, 0.29) is 5.91 Å². The number of carbonyl (C=O) groups is 1. The van der Waals surface area contributed by atoms with E-state index < -0.39 is 0 Å². The fraction of sp³-hybridized carbons (Fsp3) is 0.312. The predicted octanol–water partition coefficient (Wildman–Crippen LogP) is 3.97. The summed E-state index contributed by atoms with van der Waals surface area (Å²) in [6.45, 7) is 4.13. The molecule has 0 spiro atoms. The quantitative estimate of drug-likeness (QED) is 0.920. The van der Waals surface area contributed by atoms with Crippen molar-refractivity contribution in [2.75, 3.05) is 23.3 Å². The third kappa shape index (κ3) is 2.57. The van der Waals surface area contributed by atoms with E-state index in [2.05, 4.69) is 23.2 Å². The number of halogens is 2. The molecular weight excluding hydrogens is 321 g/mol. The molecular formula is C16H17Cl2N3O. The predicted molar refractivity (Wildman–Crippen MR) is 91.4 cm³/mol. The number of rotatable bonds is 3. The Morgan fingerprint density at radius 1 is 1.32 bits per heavy atom. The van der Waals surface area contributed by atoms with E-state index in [1.54, 1.807) is 17.7 Å². The molecule has 0 saturated carbocycles. The van der Waals surface area contributed by atoms with Crippen molar-refractivity contribution in [3.63, 3.8) is 0 Å². The first-order valence-electron chi connectivity index (χ1n) is 7.21. The van der Waals surface area contributed by atoms with Gasteiger partial charge < -0.3 is 14.8 Å². The number of amides is 1. The van der Waals surface area contributed by atoms with Crippen molar-refractivity contribution >= 4 is 40.5 Å². The molecule has 1 aliphatic rings. The number of fused-ring (bicyclic) bond motifs is 1. The third-order valence-electron chi connectivity index (χ3n) is 4.07. The smallest absolute Gasteiger partial charge is 0.272 e. The SMILES string of the molecule is CCN1CCc2ccc(NC(=O)c3cc(Cl)c(Cl)n3C)cc21. The number of hydrogen-bond acceptors (Lipinski definition) is 2. The molecule has 0 fully saturated rings. The second kappa shape index (κ2) is 5.86. The van der Waals surface area contributed by atoms with Crippen molar-refractivity contribution in [1.82, 2.24) is 4.57 Å². The summed E-state index contributed by atoms with van der Waals surface area (Å²) in [5.41, 5.74) is 3.73. The van der Waals surface area contributed by atoms with E-state index in [9.17, 15) is 4.79 Å². The summed E-state index contributed by atoms with van der Waals surface area (Å²) < 4.78 is 1.57. The summed E-state index contributed by atoms with van der Waals surface area (Å²) in [6, 6.07) is 7.61. The van der Waals surface area contributed by atoms with Crippen LogP contribution in [0.2, 0.25) is 10.2 Å². The van der Waals surface area contributed by atoms with Crippen LogP contribution in [0, 0.1) is 0 Å². The topological polar surface area (TPSA) is 37.3 Å². The second-order valence-corrected chi connectivity index (χ2v) is 6.12. The lowest BCUT2D eigenvalue weighted by Gasteiger charge is -2.17. The molecule has 1 aromatic heterocycles. The maximum Gasteiger partial charge on any atom is 0.272 e. The van der Waals surface area contributed by atoms with Crippen LogP contribution in [-0.4, -0.2) is 23.6 Å². The fourth-order valence-electron chi connectivity index (χ4n) is 2.81. The normalized spacial score (nSPS) is 13.4. The Bertz CT molecular complexity index is 739. The van der Waals surface area contributed by atoms with Gasteiger partial charge in [0.2, 0.25) is 0 Å². The highest BCUT2D eigenvalue weighted by Crippen LogP contribution is 2.31. The summed E-state index contributed by atoms with van der Waals surface area (Å²) in [4.78, 5) is 14.7. The van der Waals surface area contributed by atoms with Crippen molar-refractivity contribution in [1.29, 1.82) is 0 Å². The highest BCUT2D eigenvalue weighted by Gasteiger charge is 2.19. The number of anilines is 2. The lowest BCUT2D eigenvalue weighted by atomic mass is 10.1. The lowest BCUT2D eigenvalue weighted by Crippen LogP contribution is -2.19. The molecule has 0 bridgehead atoms. The van der Waals surface area contributed by atoms with Gasteiger partial charge in [-0.05, 0) is 37.1 Å². The van der Waals surface area contributed by atoms with Crippen LogP contribution in [-0.2, 0) is 13.5 Å². The molecule has 2 heterocycles. The van der Waals surface area contributed by atoms with Crippen LogP contribution < -0.4 is 10.2 Å². The first-order valence-corrected chi connectivity index (χ1v) is 7.96. The van der Waals surface area contributed by atoms with Gasteiger partial charge in [0.25, 0.3) is 5.91 Å². The minimum absolute atomic E-state index is 0.225. The van der Waals surface area contributed by atoms with Crippen molar-refractivity contribution in [2.45, 2.75) is 13.3 Å². The Hall–Kier alpha value is -1.65. The third-order valence-corrected chi connectivity index (χ3v) is 4.91. The maximum atomic E-state index is 12.4. The van der Waals surface area contributed by atoms with E-state index in [0.29, 0.717) is 15.9 Å². The molecule has 0 saturated heterocycles. The molecule has 2 aromatic rings. The van der Waals surface area contributed by atoms with Gasteiger partial charge in [0.05, 0.1) is 5.02 Å². The second-order valence-electron chi connectivity index (χ2n) is 5.35. The summed E-state index contributed by atoms with van der Waals surface area (Å²) in [5, 5.41) is 3.64. The first kappa shape index (κ1) is 15.3. The van der Waals surface area contributed by atoms with Crippen LogP contribution in [0.4, 0.5) is 11.4 Å². The number of benzene rings is 1. The Morgan fingerprint density at radius 2 is 2.09 bits per heavy atom. The molecule has 4 nitrogen and oxygen atoms in total. The van der Waals surface area contributed by atoms with Gasteiger partial charge in [0, 0.05) is 31.5 Å². The van der Waals surface area contributed by atoms with Crippen molar-refractivity contribution < 1.29 is 4.79 Å². The van der Waals surface area contributed by atoms with E-state index in [0.717, 1.165) is 25.2 Å². The Balaban J connectivity index is 1.84. The molecule has 1 aliphatic heterocycles. The van der Waals surface area contributed by atoms with Gasteiger partial charge in [0.1, 0.15) is 10.8 Å². The molecule has 22 heavy (non-hydrogen) atoms. The van der Waals surface area contributed by atoms with Crippen LogP contribution in [0.1, 0.15) is 23.0 Å². The van der Waals surface area contributed by atoms with Crippen molar-refractivity contribution in [2.24, 2.45) is 7.05 Å². The van der Waals surface area contributed by atoms with Crippen LogP contribution in [0.25, 0.3) is 0 Å². The van der Waals surface area contributed by atoms with E-state index in [1.165, 1.54) is 11.3 Å². The Kier molecular flexibility index (Phi) is 4.06. The largest absolute Gasteiger partial charge is 0.371 e. The zero-order chi connectivity index (χ0) is 15.9. The van der Waals surface area contributed by atoms with E-state index >= 15 is 0 Å². The minimum atomic E-state index is -0.225.